The summed E-state index contributed by atoms with van der Waals surface area (Å²) in [5.74, 6) is 0. The summed E-state index contributed by atoms with van der Waals surface area (Å²) in [4.78, 5) is 12.0. The summed E-state index contributed by atoms with van der Waals surface area (Å²) >= 11 is 5.78. The summed E-state index contributed by atoms with van der Waals surface area (Å²) in [5, 5.41) is 5.84. The van der Waals surface area contributed by atoms with E-state index < -0.39 is 16.1 Å². The standard InChI is InChI=1S/C17H20ClN3O3S/c1-13-3-9-16(10-4-13)25(23,24)21(2)12-11-19-17(22)20-15-7-5-14(18)6-8-15/h3-10H,11-12H2,1-2H3,(H2,19,20,22). The number of hydrogen-bond donors (Lipinski definition) is 2. The molecule has 0 saturated heterocycles. The predicted molar refractivity (Wildman–Crippen MR) is 99.5 cm³/mol. The average molecular weight is 382 g/mol. The van der Waals surface area contributed by atoms with Crippen LogP contribution in [0, 0.1) is 6.92 Å². The number of rotatable bonds is 6. The van der Waals surface area contributed by atoms with E-state index in [2.05, 4.69) is 10.6 Å². The van der Waals surface area contributed by atoms with Gasteiger partial charge in [0.1, 0.15) is 0 Å². The van der Waals surface area contributed by atoms with Gasteiger partial charge in [0.05, 0.1) is 4.90 Å². The molecule has 0 saturated carbocycles. The van der Waals surface area contributed by atoms with Crippen LogP contribution in [0.3, 0.4) is 0 Å². The molecule has 2 aromatic carbocycles. The molecule has 134 valence electrons. The maximum absolute atomic E-state index is 12.4. The third-order valence-corrected chi connectivity index (χ3v) is 5.67. The van der Waals surface area contributed by atoms with Crippen molar-refractivity contribution < 1.29 is 13.2 Å². The number of likely N-dealkylation sites (N-methyl/N-ethyl adjacent to an activating group) is 1. The fourth-order valence-corrected chi connectivity index (χ4v) is 3.34. The number of hydrogen-bond acceptors (Lipinski definition) is 3. The Kier molecular flexibility index (Phi) is 6.41. The van der Waals surface area contributed by atoms with E-state index in [1.54, 1.807) is 48.5 Å². The Labute approximate surface area is 152 Å². The van der Waals surface area contributed by atoms with Crippen LogP contribution in [-0.2, 0) is 10.0 Å². The van der Waals surface area contributed by atoms with Crippen LogP contribution in [0.4, 0.5) is 10.5 Å². The molecular weight excluding hydrogens is 362 g/mol. The average Bonchev–Trinajstić information content (AvgIpc) is 2.57. The molecule has 2 N–H and O–H groups in total. The second-order valence-electron chi connectivity index (χ2n) is 5.53. The molecule has 2 rings (SSSR count). The van der Waals surface area contributed by atoms with Crippen molar-refractivity contribution in [1.29, 1.82) is 0 Å². The molecule has 0 heterocycles. The Morgan fingerprint density at radius 1 is 1.08 bits per heavy atom. The molecule has 25 heavy (non-hydrogen) atoms. The van der Waals surface area contributed by atoms with Crippen molar-refractivity contribution >= 4 is 33.3 Å². The molecule has 2 aromatic rings. The van der Waals surface area contributed by atoms with Gasteiger partial charge in [0.15, 0.2) is 0 Å². The molecule has 0 unspecified atom stereocenters. The van der Waals surface area contributed by atoms with Gasteiger partial charge in [0, 0.05) is 30.8 Å². The first-order valence-corrected chi connectivity index (χ1v) is 9.44. The highest BCUT2D eigenvalue weighted by Gasteiger charge is 2.20. The lowest BCUT2D eigenvalue weighted by Gasteiger charge is -2.17. The zero-order chi connectivity index (χ0) is 18.4. The number of urea groups is 1. The molecule has 0 bridgehead atoms. The third kappa shape index (κ3) is 5.45. The maximum Gasteiger partial charge on any atom is 0.319 e. The minimum absolute atomic E-state index is 0.157. The first kappa shape index (κ1) is 19.2. The van der Waals surface area contributed by atoms with E-state index in [9.17, 15) is 13.2 Å². The number of anilines is 1. The van der Waals surface area contributed by atoms with E-state index in [1.807, 2.05) is 6.92 Å². The van der Waals surface area contributed by atoms with Crippen LogP contribution >= 0.6 is 11.6 Å². The van der Waals surface area contributed by atoms with Gasteiger partial charge in [-0.1, -0.05) is 29.3 Å². The van der Waals surface area contributed by atoms with E-state index in [0.717, 1.165) is 5.56 Å². The fraction of sp³-hybridized carbons (Fsp3) is 0.235. The molecular formula is C17H20ClN3O3S. The van der Waals surface area contributed by atoms with Crippen molar-refractivity contribution in [2.45, 2.75) is 11.8 Å². The summed E-state index contributed by atoms with van der Waals surface area (Å²) in [6.45, 7) is 2.23. The molecule has 0 aliphatic rings. The molecule has 0 aliphatic carbocycles. The summed E-state index contributed by atoms with van der Waals surface area (Å²) in [7, 11) is -2.09. The number of aryl methyl sites for hydroxylation is 1. The molecule has 0 spiro atoms. The van der Waals surface area contributed by atoms with Gasteiger partial charge in [-0.25, -0.2) is 13.2 Å². The summed E-state index contributed by atoms with van der Waals surface area (Å²) in [5.41, 5.74) is 1.59. The highest BCUT2D eigenvalue weighted by molar-refractivity contribution is 7.89. The largest absolute Gasteiger partial charge is 0.337 e. The van der Waals surface area contributed by atoms with E-state index in [4.69, 9.17) is 11.6 Å². The van der Waals surface area contributed by atoms with Crippen molar-refractivity contribution in [1.82, 2.24) is 9.62 Å². The molecule has 0 aromatic heterocycles. The molecule has 2 amide bonds. The Morgan fingerprint density at radius 2 is 1.68 bits per heavy atom. The van der Waals surface area contributed by atoms with Crippen molar-refractivity contribution in [3.8, 4) is 0 Å². The van der Waals surface area contributed by atoms with Crippen LogP contribution in [0.25, 0.3) is 0 Å². The first-order chi connectivity index (χ1) is 11.8. The topological polar surface area (TPSA) is 78.5 Å². The van der Waals surface area contributed by atoms with Crippen molar-refractivity contribution in [3.05, 3.63) is 59.1 Å². The van der Waals surface area contributed by atoms with Crippen molar-refractivity contribution in [3.63, 3.8) is 0 Å². The molecule has 0 radical (unpaired) electrons. The SMILES string of the molecule is Cc1ccc(S(=O)(=O)N(C)CCNC(=O)Nc2ccc(Cl)cc2)cc1. The van der Waals surface area contributed by atoms with Crippen LogP contribution in [0.5, 0.6) is 0 Å². The van der Waals surface area contributed by atoms with Gasteiger partial charge < -0.3 is 10.6 Å². The lowest BCUT2D eigenvalue weighted by Crippen LogP contribution is -2.37. The third-order valence-electron chi connectivity index (χ3n) is 3.54. The summed E-state index contributed by atoms with van der Waals surface area (Å²) < 4.78 is 26.1. The number of nitrogens with zero attached hydrogens (tertiary/aromatic N) is 1. The van der Waals surface area contributed by atoms with Gasteiger partial charge in [-0.05, 0) is 43.3 Å². The molecule has 0 atom stereocenters. The number of halogens is 1. The number of benzene rings is 2. The van der Waals surface area contributed by atoms with E-state index >= 15 is 0 Å². The number of amides is 2. The smallest absolute Gasteiger partial charge is 0.319 e. The number of carbonyl (C=O) groups excluding carboxylic acids is 1. The van der Waals surface area contributed by atoms with Crippen LogP contribution in [0.2, 0.25) is 5.02 Å². The number of sulfonamides is 1. The first-order valence-electron chi connectivity index (χ1n) is 7.62. The van der Waals surface area contributed by atoms with Crippen LogP contribution in [0.15, 0.2) is 53.4 Å². The summed E-state index contributed by atoms with van der Waals surface area (Å²) in [6.07, 6.45) is 0. The molecule has 6 nitrogen and oxygen atoms in total. The normalized spacial score (nSPS) is 11.4. The maximum atomic E-state index is 12.4. The lowest BCUT2D eigenvalue weighted by molar-refractivity contribution is 0.251. The Bertz CT molecular complexity index is 821. The van der Waals surface area contributed by atoms with Crippen molar-refractivity contribution in [2.24, 2.45) is 0 Å². The highest BCUT2D eigenvalue weighted by Crippen LogP contribution is 2.15. The van der Waals surface area contributed by atoms with Crippen LogP contribution < -0.4 is 10.6 Å². The van der Waals surface area contributed by atoms with E-state index in [1.165, 1.54) is 11.4 Å². The summed E-state index contributed by atoms with van der Waals surface area (Å²) in [6, 6.07) is 12.9. The second-order valence-corrected chi connectivity index (χ2v) is 8.01. The van der Waals surface area contributed by atoms with Crippen molar-refractivity contribution in [2.75, 3.05) is 25.5 Å². The van der Waals surface area contributed by atoms with Gasteiger partial charge >= 0.3 is 6.03 Å². The van der Waals surface area contributed by atoms with E-state index in [-0.39, 0.29) is 18.0 Å². The molecule has 0 aliphatic heterocycles. The fourth-order valence-electron chi connectivity index (χ4n) is 2.05. The zero-order valence-electron chi connectivity index (χ0n) is 14.0. The minimum atomic E-state index is -3.57. The number of nitrogens with one attached hydrogen (secondary N) is 2. The Hall–Kier alpha value is -2.09. The quantitative estimate of drug-likeness (QED) is 0.807. The second kappa shape index (κ2) is 8.33. The Balaban J connectivity index is 1.84. The molecule has 0 fully saturated rings. The van der Waals surface area contributed by atoms with Gasteiger partial charge in [-0.2, -0.15) is 4.31 Å². The van der Waals surface area contributed by atoms with Gasteiger partial charge in [0.25, 0.3) is 0 Å². The lowest BCUT2D eigenvalue weighted by atomic mass is 10.2. The van der Waals surface area contributed by atoms with E-state index in [0.29, 0.717) is 10.7 Å². The highest BCUT2D eigenvalue weighted by atomic mass is 35.5. The molecule has 8 heteroatoms. The Morgan fingerprint density at radius 3 is 2.28 bits per heavy atom. The minimum Gasteiger partial charge on any atom is -0.337 e. The van der Waals surface area contributed by atoms with Gasteiger partial charge in [-0.3, -0.25) is 0 Å². The van der Waals surface area contributed by atoms with Gasteiger partial charge in [-0.15, -0.1) is 0 Å². The van der Waals surface area contributed by atoms with Crippen LogP contribution in [-0.4, -0.2) is 38.9 Å². The predicted octanol–water partition coefficient (Wildman–Crippen LogP) is 3.09. The number of carbonyl (C=O) groups is 1. The zero-order valence-corrected chi connectivity index (χ0v) is 15.6. The van der Waals surface area contributed by atoms with Crippen LogP contribution in [0.1, 0.15) is 5.56 Å². The monoisotopic (exact) mass is 381 g/mol. The van der Waals surface area contributed by atoms with Gasteiger partial charge in [0.2, 0.25) is 10.0 Å².